The lowest BCUT2D eigenvalue weighted by atomic mass is 10.0. The van der Waals surface area contributed by atoms with Gasteiger partial charge in [0.15, 0.2) is 0 Å². The van der Waals surface area contributed by atoms with Crippen molar-refractivity contribution in [1.29, 1.82) is 0 Å². The molecule has 22 heavy (non-hydrogen) atoms. The van der Waals surface area contributed by atoms with Crippen LogP contribution in [0.25, 0.3) is 0 Å². The van der Waals surface area contributed by atoms with Gasteiger partial charge in [-0.05, 0) is 34.5 Å². The molecule has 1 N–H and O–H groups in total. The molecule has 1 aromatic heterocycles. The molecule has 0 spiro atoms. The minimum absolute atomic E-state index is 0.0395. The van der Waals surface area contributed by atoms with Crippen molar-refractivity contribution in [3.8, 4) is 0 Å². The van der Waals surface area contributed by atoms with Crippen LogP contribution in [0.1, 0.15) is 18.0 Å². The highest BCUT2D eigenvalue weighted by molar-refractivity contribution is 6.42. The highest BCUT2D eigenvalue weighted by Gasteiger charge is 2.16. The number of halogens is 2. The molecular weight excluding hydrogens is 329 g/mol. The summed E-state index contributed by atoms with van der Waals surface area (Å²) in [6.45, 7) is 0.536. The number of aromatic nitrogens is 4. The van der Waals surface area contributed by atoms with Gasteiger partial charge in [0.25, 0.3) is 0 Å². The number of nitrogens with one attached hydrogen (secondary N) is 1. The van der Waals surface area contributed by atoms with Gasteiger partial charge in [0.2, 0.25) is 5.91 Å². The fourth-order valence-electron chi connectivity index (χ4n) is 1.93. The molecule has 0 aliphatic carbocycles. The molecule has 0 aliphatic heterocycles. The van der Waals surface area contributed by atoms with Crippen LogP contribution in [-0.4, -0.2) is 39.8 Å². The monoisotopic (exact) mass is 343 g/mol. The minimum atomic E-state index is -0.237. The fraction of sp³-hybridized carbons (Fsp3) is 0.385. The first-order chi connectivity index (χ1) is 10.6. The summed E-state index contributed by atoms with van der Waals surface area (Å²) < 4.78 is 6.43. The molecule has 0 unspecified atom stereocenters. The summed E-state index contributed by atoms with van der Waals surface area (Å²) >= 11 is 12.0. The molecule has 2 aromatic rings. The lowest BCUT2D eigenvalue weighted by Crippen LogP contribution is -2.32. The smallest absolute Gasteiger partial charge is 0.242 e. The predicted molar refractivity (Wildman–Crippen MR) is 81.7 cm³/mol. The van der Waals surface area contributed by atoms with Crippen molar-refractivity contribution in [2.24, 2.45) is 0 Å². The van der Waals surface area contributed by atoms with E-state index in [9.17, 15) is 4.79 Å². The van der Waals surface area contributed by atoms with E-state index in [0.717, 1.165) is 5.56 Å². The zero-order valence-electron chi connectivity index (χ0n) is 11.9. The van der Waals surface area contributed by atoms with Crippen LogP contribution in [0.3, 0.4) is 0 Å². The number of nitrogens with zero attached hydrogens (tertiary/aromatic N) is 4. The topological polar surface area (TPSA) is 81.9 Å². The standard InChI is InChI=1S/C13H15Cl2N5O2/c1-22-5-4-12(9-2-3-10(14)11(15)6-9)17-13(21)7-20-8-16-18-19-20/h2-3,6,8,12H,4-5,7H2,1H3,(H,17,21)/t12-/m1/s1. The third-order valence-electron chi connectivity index (χ3n) is 2.99. The Hall–Kier alpha value is -1.70. The van der Waals surface area contributed by atoms with Crippen molar-refractivity contribution >= 4 is 29.1 Å². The van der Waals surface area contributed by atoms with Crippen molar-refractivity contribution in [2.75, 3.05) is 13.7 Å². The number of ether oxygens (including phenoxy) is 1. The lowest BCUT2D eigenvalue weighted by Gasteiger charge is -2.19. The molecule has 118 valence electrons. The SMILES string of the molecule is COCC[C@@H](NC(=O)Cn1cnnn1)c1ccc(Cl)c(Cl)c1. The first-order valence-electron chi connectivity index (χ1n) is 6.54. The predicted octanol–water partition coefficient (Wildman–Crippen LogP) is 1.87. The van der Waals surface area contributed by atoms with Crippen LogP contribution in [0.2, 0.25) is 10.0 Å². The number of benzene rings is 1. The van der Waals surface area contributed by atoms with Crippen LogP contribution in [0.4, 0.5) is 0 Å². The molecule has 0 bridgehead atoms. The number of hydrogen-bond acceptors (Lipinski definition) is 5. The van der Waals surface area contributed by atoms with Gasteiger partial charge in [-0.25, -0.2) is 4.68 Å². The molecular formula is C13H15Cl2N5O2. The summed E-state index contributed by atoms with van der Waals surface area (Å²) in [5, 5.41) is 14.4. The Labute approximate surface area is 137 Å². The molecule has 9 heteroatoms. The molecule has 0 saturated carbocycles. The van der Waals surface area contributed by atoms with Crippen molar-refractivity contribution in [3.63, 3.8) is 0 Å². The van der Waals surface area contributed by atoms with E-state index in [1.165, 1.54) is 11.0 Å². The van der Waals surface area contributed by atoms with Gasteiger partial charge in [-0.2, -0.15) is 0 Å². The Morgan fingerprint density at radius 2 is 2.23 bits per heavy atom. The number of carbonyl (C=O) groups is 1. The van der Waals surface area contributed by atoms with Gasteiger partial charge < -0.3 is 10.1 Å². The molecule has 0 radical (unpaired) electrons. The normalized spacial score (nSPS) is 12.1. The van der Waals surface area contributed by atoms with Crippen molar-refractivity contribution in [3.05, 3.63) is 40.1 Å². The Morgan fingerprint density at radius 3 is 2.86 bits per heavy atom. The van der Waals surface area contributed by atoms with E-state index in [-0.39, 0.29) is 18.5 Å². The molecule has 0 fully saturated rings. The summed E-state index contributed by atoms with van der Waals surface area (Å²) in [6, 6.07) is 5.03. The van der Waals surface area contributed by atoms with Crippen LogP contribution in [-0.2, 0) is 16.1 Å². The average molecular weight is 344 g/mol. The van der Waals surface area contributed by atoms with Crippen molar-refractivity contribution in [2.45, 2.75) is 19.0 Å². The average Bonchev–Trinajstić information content (AvgIpc) is 2.99. The van der Waals surface area contributed by atoms with Gasteiger partial charge >= 0.3 is 0 Å². The summed E-state index contributed by atoms with van der Waals surface area (Å²) in [4.78, 5) is 12.1. The van der Waals surface area contributed by atoms with Gasteiger partial charge in [-0.15, -0.1) is 5.10 Å². The maximum Gasteiger partial charge on any atom is 0.242 e. The highest BCUT2D eigenvalue weighted by Crippen LogP contribution is 2.27. The number of rotatable bonds is 7. The summed E-state index contributed by atoms with van der Waals surface area (Å²) in [5.41, 5.74) is 0.858. The molecule has 0 saturated heterocycles. The molecule has 1 aromatic carbocycles. The maximum absolute atomic E-state index is 12.1. The van der Waals surface area contributed by atoms with Crippen LogP contribution in [0, 0.1) is 0 Å². The number of tetrazole rings is 1. The number of methoxy groups -OCH3 is 1. The van der Waals surface area contributed by atoms with E-state index in [4.69, 9.17) is 27.9 Å². The van der Waals surface area contributed by atoms with Crippen LogP contribution in [0.15, 0.2) is 24.5 Å². The van der Waals surface area contributed by atoms with E-state index in [1.54, 1.807) is 19.2 Å². The highest BCUT2D eigenvalue weighted by atomic mass is 35.5. The van der Waals surface area contributed by atoms with Gasteiger partial charge in [-0.1, -0.05) is 29.3 Å². The number of hydrogen-bond donors (Lipinski definition) is 1. The Balaban J connectivity index is 2.07. The summed E-state index contributed by atoms with van der Waals surface area (Å²) in [7, 11) is 1.61. The van der Waals surface area contributed by atoms with Gasteiger partial charge in [0.1, 0.15) is 12.9 Å². The zero-order chi connectivity index (χ0) is 15.9. The second kappa shape index (κ2) is 8.07. The Morgan fingerprint density at radius 1 is 1.41 bits per heavy atom. The maximum atomic E-state index is 12.1. The number of amides is 1. The minimum Gasteiger partial charge on any atom is -0.385 e. The quantitative estimate of drug-likeness (QED) is 0.829. The van der Waals surface area contributed by atoms with Gasteiger partial charge in [-0.3, -0.25) is 4.79 Å². The third kappa shape index (κ3) is 4.66. The van der Waals surface area contributed by atoms with E-state index < -0.39 is 0 Å². The fourth-order valence-corrected chi connectivity index (χ4v) is 2.23. The van der Waals surface area contributed by atoms with Gasteiger partial charge in [0, 0.05) is 13.7 Å². The summed E-state index contributed by atoms with van der Waals surface area (Å²) in [5.74, 6) is -0.209. The van der Waals surface area contributed by atoms with Crippen LogP contribution < -0.4 is 5.32 Å². The second-order valence-electron chi connectivity index (χ2n) is 4.58. The lowest BCUT2D eigenvalue weighted by molar-refractivity contribution is -0.122. The van der Waals surface area contributed by atoms with E-state index in [2.05, 4.69) is 20.8 Å². The molecule has 1 atom stereocenters. The molecule has 1 amide bonds. The van der Waals surface area contributed by atoms with Gasteiger partial charge in [0.05, 0.1) is 16.1 Å². The first kappa shape index (κ1) is 16.7. The van der Waals surface area contributed by atoms with Crippen molar-refractivity contribution in [1.82, 2.24) is 25.5 Å². The van der Waals surface area contributed by atoms with Crippen LogP contribution >= 0.6 is 23.2 Å². The largest absolute Gasteiger partial charge is 0.385 e. The first-order valence-corrected chi connectivity index (χ1v) is 7.29. The van der Waals surface area contributed by atoms with Crippen molar-refractivity contribution < 1.29 is 9.53 Å². The second-order valence-corrected chi connectivity index (χ2v) is 5.40. The number of carbonyl (C=O) groups excluding carboxylic acids is 1. The summed E-state index contributed by atoms with van der Waals surface area (Å²) in [6.07, 6.45) is 1.98. The van der Waals surface area contributed by atoms with E-state index >= 15 is 0 Å². The molecule has 1 heterocycles. The van der Waals surface area contributed by atoms with Crippen LogP contribution in [0.5, 0.6) is 0 Å². The molecule has 2 rings (SSSR count). The zero-order valence-corrected chi connectivity index (χ0v) is 13.4. The molecule has 0 aliphatic rings. The van der Waals surface area contributed by atoms with E-state index in [1.807, 2.05) is 6.07 Å². The van der Waals surface area contributed by atoms with E-state index in [0.29, 0.717) is 23.1 Å². The Bertz CT molecular complexity index is 621. The molecule has 7 nitrogen and oxygen atoms in total. The third-order valence-corrected chi connectivity index (χ3v) is 3.73. The Kier molecular flexibility index (Phi) is 6.11.